The second-order valence-corrected chi connectivity index (χ2v) is 3.79. The van der Waals surface area contributed by atoms with Crippen molar-refractivity contribution in [3.63, 3.8) is 0 Å². The molecule has 2 rings (SSSR count). The Balaban J connectivity index is 2.35. The van der Waals surface area contributed by atoms with Gasteiger partial charge in [-0.2, -0.15) is 0 Å². The van der Waals surface area contributed by atoms with Gasteiger partial charge in [-0.05, 0) is 31.0 Å². The number of aryl methyl sites for hydroxylation is 2. The van der Waals surface area contributed by atoms with E-state index >= 15 is 0 Å². The summed E-state index contributed by atoms with van der Waals surface area (Å²) in [6, 6.07) is 1.68. The Morgan fingerprint density at radius 3 is 2.56 bits per heavy atom. The molecule has 0 aliphatic heterocycles. The van der Waals surface area contributed by atoms with Gasteiger partial charge in [0.25, 0.3) is 0 Å². The zero-order valence-corrected chi connectivity index (χ0v) is 9.38. The van der Waals surface area contributed by atoms with Crippen molar-refractivity contribution in [1.29, 1.82) is 0 Å². The third-order valence-electron chi connectivity index (χ3n) is 2.53. The lowest BCUT2D eigenvalue weighted by Gasteiger charge is -2.13. The van der Waals surface area contributed by atoms with E-state index in [0.29, 0.717) is 0 Å². The fourth-order valence-corrected chi connectivity index (χ4v) is 1.52. The highest BCUT2D eigenvalue weighted by Crippen LogP contribution is 2.19. The van der Waals surface area contributed by atoms with Gasteiger partial charge in [-0.15, -0.1) is 0 Å². The number of pyridine rings is 1. The molecule has 2 heterocycles. The van der Waals surface area contributed by atoms with E-state index < -0.39 is 0 Å². The highest BCUT2D eigenvalue weighted by atomic mass is 14.8. The van der Waals surface area contributed by atoms with E-state index in [0.717, 1.165) is 22.5 Å². The van der Waals surface area contributed by atoms with Gasteiger partial charge in [-0.25, -0.2) is 0 Å². The Bertz CT molecular complexity index is 479. The van der Waals surface area contributed by atoms with E-state index in [1.807, 2.05) is 19.9 Å². The Morgan fingerprint density at radius 1 is 1.12 bits per heavy atom. The molecule has 2 aromatic heterocycles. The van der Waals surface area contributed by atoms with E-state index in [1.54, 1.807) is 24.8 Å². The Kier molecular flexibility index (Phi) is 2.92. The lowest BCUT2D eigenvalue weighted by Crippen LogP contribution is -2.15. The molecule has 0 fully saturated rings. The predicted octanol–water partition coefficient (Wildman–Crippen LogP) is 1.54. The van der Waals surface area contributed by atoms with Gasteiger partial charge in [0.2, 0.25) is 0 Å². The van der Waals surface area contributed by atoms with E-state index in [9.17, 15) is 0 Å². The average molecular weight is 214 g/mol. The van der Waals surface area contributed by atoms with Crippen LogP contribution in [-0.2, 0) is 0 Å². The molecule has 0 radical (unpaired) electrons. The lowest BCUT2D eigenvalue weighted by molar-refractivity contribution is 0.800. The minimum atomic E-state index is -0.262. The quantitative estimate of drug-likeness (QED) is 0.823. The normalized spacial score (nSPS) is 12.4. The highest BCUT2D eigenvalue weighted by molar-refractivity contribution is 5.30. The molecule has 16 heavy (non-hydrogen) atoms. The summed E-state index contributed by atoms with van der Waals surface area (Å²) in [6.07, 6.45) is 6.97. The van der Waals surface area contributed by atoms with Gasteiger partial charge in [-0.1, -0.05) is 0 Å². The molecule has 0 aromatic carbocycles. The number of hydrogen-bond acceptors (Lipinski definition) is 4. The van der Waals surface area contributed by atoms with Crippen LogP contribution in [0.5, 0.6) is 0 Å². The monoisotopic (exact) mass is 214 g/mol. The molecule has 0 saturated carbocycles. The van der Waals surface area contributed by atoms with Crippen molar-refractivity contribution in [2.24, 2.45) is 5.73 Å². The molecule has 1 unspecified atom stereocenters. The van der Waals surface area contributed by atoms with Crippen LogP contribution in [0.4, 0.5) is 0 Å². The first-order valence-electron chi connectivity index (χ1n) is 5.13. The SMILES string of the molecule is Cc1cnc(C(N)c2cnccc2C)cn1. The second kappa shape index (κ2) is 4.37. The standard InChI is InChI=1S/C12H14N4/c1-8-3-4-14-6-10(8)12(13)11-7-15-9(2)5-16-11/h3-7,12H,13H2,1-2H3. The summed E-state index contributed by atoms with van der Waals surface area (Å²) in [7, 11) is 0. The van der Waals surface area contributed by atoms with Crippen LogP contribution >= 0.6 is 0 Å². The number of hydrogen-bond donors (Lipinski definition) is 1. The summed E-state index contributed by atoms with van der Waals surface area (Å²) >= 11 is 0. The largest absolute Gasteiger partial charge is 0.319 e. The molecule has 2 N–H and O–H groups in total. The summed E-state index contributed by atoms with van der Waals surface area (Å²) in [5, 5.41) is 0. The van der Waals surface area contributed by atoms with Gasteiger partial charge in [0, 0.05) is 18.6 Å². The van der Waals surface area contributed by atoms with Crippen molar-refractivity contribution < 1.29 is 0 Å². The molecule has 4 nitrogen and oxygen atoms in total. The van der Waals surface area contributed by atoms with Crippen molar-refractivity contribution in [1.82, 2.24) is 15.0 Å². The molecule has 0 spiro atoms. The van der Waals surface area contributed by atoms with Crippen LogP contribution in [0.1, 0.15) is 28.6 Å². The van der Waals surface area contributed by atoms with Gasteiger partial charge >= 0.3 is 0 Å². The minimum absolute atomic E-state index is 0.262. The summed E-state index contributed by atoms with van der Waals surface area (Å²) in [6.45, 7) is 3.91. The Hall–Kier alpha value is -1.81. The lowest BCUT2D eigenvalue weighted by atomic mass is 10.0. The summed E-state index contributed by atoms with van der Waals surface area (Å²) in [4.78, 5) is 12.6. The molecule has 0 aliphatic rings. The van der Waals surface area contributed by atoms with Crippen LogP contribution in [0, 0.1) is 13.8 Å². The Labute approximate surface area is 94.6 Å². The van der Waals surface area contributed by atoms with Gasteiger partial charge in [0.15, 0.2) is 0 Å². The predicted molar refractivity (Wildman–Crippen MR) is 61.8 cm³/mol. The van der Waals surface area contributed by atoms with Gasteiger partial charge in [0.05, 0.1) is 23.6 Å². The second-order valence-electron chi connectivity index (χ2n) is 3.79. The van der Waals surface area contributed by atoms with Crippen LogP contribution in [0.15, 0.2) is 30.9 Å². The van der Waals surface area contributed by atoms with Crippen LogP contribution < -0.4 is 5.73 Å². The summed E-state index contributed by atoms with van der Waals surface area (Å²) < 4.78 is 0. The molecule has 0 aliphatic carbocycles. The van der Waals surface area contributed by atoms with Crippen molar-refractivity contribution in [2.45, 2.75) is 19.9 Å². The maximum Gasteiger partial charge on any atom is 0.0800 e. The molecule has 2 aromatic rings. The maximum atomic E-state index is 6.12. The van der Waals surface area contributed by atoms with Crippen molar-refractivity contribution in [2.75, 3.05) is 0 Å². The van der Waals surface area contributed by atoms with Crippen LogP contribution in [0.2, 0.25) is 0 Å². The van der Waals surface area contributed by atoms with Gasteiger partial charge in [0.1, 0.15) is 0 Å². The molecule has 0 amide bonds. The minimum Gasteiger partial charge on any atom is -0.319 e. The van der Waals surface area contributed by atoms with Crippen molar-refractivity contribution in [3.05, 3.63) is 53.4 Å². The topological polar surface area (TPSA) is 64.7 Å². The Morgan fingerprint density at radius 2 is 1.94 bits per heavy atom. The molecule has 4 heteroatoms. The van der Waals surface area contributed by atoms with E-state index in [2.05, 4.69) is 15.0 Å². The first-order chi connectivity index (χ1) is 7.68. The first kappa shape index (κ1) is 10.7. The molecule has 0 saturated heterocycles. The molecule has 82 valence electrons. The van der Waals surface area contributed by atoms with Crippen LogP contribution in [0.3, 0.4) is 0 Å². The number of nitrogens with two attached hydrogens (primary N) is 1. The van der Waals surface area contributed by atoms with E-state index in [-0.39, 0.29) is 6.04 Å². The number of rotatable bonds is 2. The zero-order valence-electron chi connectivity index (χ0n) is 9.38. The van der Waals surface area contributed by atoms with E-state index in [4.69, 9.17) is 5.73 Å². The average Bonchev–Trinajstić information content (AvgIpc) is 2.30. The fourth-order valence-electron chi connectivity index (χ4n) is 1.52. The van der Waals surface area contributed by atoms with E-state index in [1.165, 1.54) is 0 Å². The molecule has 0 bridgehead atoms. The third kappa shape index (κ3) is 2.06. The van der Waals surface area contributed by atoms with Crippen molar-refractivity contribution >= 4 is 0 Å². The molecular weight excluding hydrogens is 200 g/mol. The van der Waals surface area contributed by atoms with Gasteiger partial charge in [-0.3, -0.25) is 15.0 Å². The fraction of sp³-hybridized carbons (Fsp3) is 0.250. The molecule has 1 atom stereocenters. The molecular formula is C12H14N4. The van der Waals surface area contributed by atoms with Crippen LogP contribution in [0.25, 0.3) is 0 Å². The summed E-state index contributed by atoms with van der Waals surface area (Å²) in [5.41, 5.74) is 9.88. The van der Waals surface area contributed by atoms with Crippen LogP contribution in [-0.4, -0.2) is 15.0 Å². The maximum absolute atomic E-state index is 6.12. The summed E-state index contributed by atoms with van der Waals surface area (Å²) in [5.74, 6) is 0. The highest BCUT2D eigenvalue weighted by Gasteiger charge is 2.12. The number of nitrogens with zero attached hydrogens (tertiary/aromatic N) is 3. The third-order valence-corrected chi connectivity index (χ3v) is 2.53. The zero-order chi connectivity index (χ0) is 11.5. The number of aromatic nitrogens is 3. The van der Waals surface area contributed by atoms with Gasteiger partial charge < -0.3 is 5.73 Å². The smallest absolute Gasteiger partial charge is 0.0800 e. The van der Waals surface area contributed by atoms with Crippen molar-refractivity contribution in [3.8, 4) is 0 Å². The first-order valence-corrected chi connectivity index (χ1v) is 5.13.